The summed E-state index contributed by atoms with van der Waals surface area (Å²) in [5, 5.41) is 3.48. The second-order valence-electron chi connectivity index (χ2n) is 5.22. The molecule has 3 N–H and O–H groups in total. The molecule has 2 heteroatoms. The second-order valence-corrected chi connectivity index (χ2v) is 5.22. The van der Waals surface area contributed by atoms with Gasteiger partial charge < -0.3 is 11.1 Å². The maximum Gasteiger partial charge on any atom is 0.0356 e. The minimum absolute atomic E-state index is 0.533. The first-order valence-electron chi connectivity index (χ1n) is 7.01. The zero-order valence-corrected chi connectivity index (χ0v) is 11.1. The van der Waals surface area contributed by atoms with Gasteiger partial charge >= 0.3 is 0 Å². The number of nitrogens with two attached hydrogens (primary N) is 1. The van der Waals surface area contributed by atoms with Crippen LogP contribution in [0.5, 0.6) is 0 Å². The number of hydrogen-bond donors (Lipinski definition) is 2. The molecule has 1 fully saturated rings. The van der Waals surface area contributed by atoms with Crippen molar-refractivity contribution in [1.29, 1.82) is 0 Å². The summed E-state index contributed by atoms with van der Waals surface area (Å²) < 4.78 is 0. The summed E-state index contributed by atoms with van der Waals surface area (Å²) in [4.78, 5) is 0. The number of nitrogen functional groups attached to an aromatic ring is 1. The Morgan fingerprint density at radius 1 is 1.00 bits per heavy atom. The lowest BCUT2D eigenvalue weighted by Crippen LogP contribution is -2.29. The van der Waals surface area contributed by atoms with Gasteiger partial charge in [-0.25, -0.2) is 0 Å². The minimum Gasteiger partial charge on any atom is -0.398 e. The maximum absolute atomic E-state index is 6.26. The zero-order valence-electron chi connectivity index (χ0n) is 11.1. The second kappa shape index (κ2) is 5.45. The Balaban J connectivity index is 2.07. The molecule has 19 heavy (non-hydrogen) atoms. The number of hydrogen-bond acceptors (Lipinski definition) is 2. The van der Waals surface area contributed by atoms with Crippen molar-refractivity contribution < 1.29 is 0 Å². The van der Waals surface area contributed by atoms with E-state index in [2.05, 4.69) is 47.8 Å². The van der Waals surface area contributed by atoms with E-state index in [4.69, 9.17) is 5.73 Å². The molecule has 2 nitrogen and oxygen atoms in total. The van der Waals surface area contributed by atoms with E-state index in [9.17, 15) is 0 Å². The van der Waals surface area contributed by atoms with Crippen molar-refractivity contribution >= 4 is 5.69 Å². The third-order valence-corrected chi connectivity index (χ3v) is 3.93. The lowest BCUT2D eigenvalue weighted by Gasteiger charge is -2.26. The highest BCUT2D eigenvalue weighted by molar-refractivity contribution is 5.74. The average molecular weight is 252 g/mol. The van der Waals surface area contributed by atoms with Crippen LogP contribution in [-0.2, 0) is 0 Å². The molecule has 2 aromatic rings. The van der Waals surface area contributed by atoms with Crippen molar-refractivity contribution in [2.24, 2.45) is 0 Å². The highest BCUT2D eigenvalue weighted by Gasteiger charge is 2.20. The monoisotopic (exact) mass is 252 g/mol. The van der Waals surface area contributed by atoms with Crippen molar-refractivity contribution in [3.05, 3.63) is 54.1 Å². The minimum atomic E-state index is 0.533. The Morgan fingerprint density at radius 3 is 2.58 bits per heavy atom. The Labute approximate surface area is 114 Å². The van der Waals surface area contributed by atoms with Crippen LogP contribution >= 0.6 is 0 Å². The molecule has 1 atom stereocenters. The summed E-state index contributed by atoms with van der Waals surface area (Å²) in [6, 6.07) is 16.8. The molecule has 3 rings (SSSR count). The number of anilines is 1. The topological polar surface area (TPSA) is 38.0 Å². The van der Waals surface area contributed by atoms with Gasteiger partial charge in [-0.2, -0.15) is 0 Å². The standard InChI is InChI=1S/C17H20N2/c18-16-10-4-9-15(13-6-2-1-3-7-13)17(16)14-8-5-11-19-12-14/h1-4,6-7,9-10,14,19H,5,8,11-12,18H2. The quantitative estimate of drug-likeness (QED) is 0.804. The first-order chi connectivity index (χ1) is 9.36. The van der Waals surface area contributed by atoms with Crippen LogP contribution in [0.4, 0.5) is 5.69 Å². The Hall–Kier alpha value is -1.80. The van der Waals surface area contributed by atoms with Gasteiger partial charge in [0.05, 0.1) is 0 Å². The van der Waals surface area contributed by atoms with Gasteiger partial charge in [0.15, 0.2) is 0 Å². The van der Waals surface area contributed by atoms with Crippen LogP contribution in [0.25, 0.3) is 11.1 Å². The van der Waals surface area contributed by atoms with Gasteiger partial charge in [0.1, 0.15) is 0 Å². The van der Waals surface area contributed by atoms with Gasteiger partial charge in [0.25, 0.3) is 0 Å². The van der Waals surface area contributed by atoms with Crippen molar-refractivity contribution in [3.8, 4) is 11.1 Å². The molecule has 0 aromatic heterocycles. The summed E-state index contributed by atoms with van der Waals surface area (Å²) in [6.45, 7) is 2.16. The Bertz CT molecular complexity index is 542. The third kappa shape index (κ3) is 2.49. The summed E-state index contributed by atoms with van der Waals surface area (Å²) in [6.07, 6.45) is 2.45. The van der Waals surface area contributed by atoms with Crippen molar-refractivity contribution in [2.75, 3.05) is 18.8 Å². The largest absolute Gasteiger partial charge is 0.398 e. The number of benzene rings is 2. The molecule has 1 aliphatic heterocycles. The van der Waals surface area contributed by atoms with Crippen LogP contribution in [-0.4, -0.2) is 13.1 Å². The average Bonchev–Trinajstić information content (AvgIpc) is 2.49. The summed E-state index contributed by atoms with van der Waals surface area (Å²) in [5.41, 5.74) is 11.1. The van der Waals surface area contributed by atoms with Gasteiger partial charge in [-0.15, -0.1) is 0 Å². The lowest BCUT2D eigenvalue weighted by molar-refractivity contribution is 0.463. The number of piperidine rings is 1. The van der Waals surface area contributed by atoms with Crippen molar-refractivity contribution in [2.45, 2.75) is 18.8 Å². The van der Waals surface area contributed by atoms with Crippen LogP contribution in [0.15, 0.2) is 48.5 Å². The fraction of sp³-hybridized carbons (Fsp3) is 0.294. The first kappa shape index (κ1) is 12.2. The SMILES string of the molecule is Nc1cccc(-c2ccccc2)c1C1CCCNC1. The molecule has 1 saturated heterocycles. The molecule has 0 radical (unpaired) electrons. The van der Waals surface area contributed by atoms with E-state index in [1.165, 1.54) is 29.5 Å². The first-order valence-corrected chi connectivity index (χ1v) is 7.01. The maximum atomic E-state index is 6.26. The Kier molecular flexibility index (Phi) is 3.51. The van der Waals surface area contributed by atoms with Crippen LogP contribution in [0.1, 0.15) is 24.3 Å². The van der Waals surface area contributed by atoms with Gasteiger partial charge in [0, 0.05) is 12.2 Å². The van der Waals surface area contributed by atoms with E-state index >= 15 is 0 Å². The lowest BCUT2D eigenvalue weighted by atomic mass is 9.85. The predicted octanol–water partition coefficient (Wildman–Crippen LogP) is 3.40. The van der Waals surface area contributed by atoms with Gasteiger partial charge in [-0.3, -0.25) is 0 Å². The molecule has 0 aliphatic carbocycles. The zero-order chi connectivity index (χ0) is 13.1. The Morgan fingerprint density at radius 2 is 1.84 bits per heavy atom. The van der Waals surface area contributed by atoms with Gasteiger partial charge in [-0.05, 0) is 48.1 Å². The number of rotatable bonds is 2. The highest BCUT2D eigenvalue weighted by Crippen LogP contribution is 2.36. The molecule has 1 unspecified atom stereocenters. The van der Waals surface area contributed by atoms with Crippen LogP contribution in [0.3, 0.4) is 0 Å². The molecular weight excluding hydrogens is 232 g/mol. The molecule has 1 heterocycles. The van der Waals surface area contributed by atoms with E-state index < -0.39 is 0 Å². The fourth-order valence-electron chi connectivity index (χ4n) is 3.01. The third-order valence-electron chi connectivity index (χ3n) is 3.93. The van der Waals surface area contributed by atoms with Gasteiger partial charge in [0.2, 0.25) is 0 Å². The molecule has 0 spiro atoms. The van der Waals surface area contributed by atoms with E-state index in [1.54, 1.807) is 0 Å². The summed E-state index contributed by atoms with van der Waals surface area (Å²) in [5.74, 6) is 0.533. The normalized spacial score (nSPS) is 19.3. The summed E-state index contributed by atoms with van der Waals surface area (Å²) >= 11 is 0. The molecule has 0 amide bonds. The summed E-state index contributed by atoms with van der Waals surface area (Å²) in [7, 11) is 0. The van der Waals surface area contributed by atoms with Crippen molar-refractivity contribution in [1.82, 2.24) is 5.32 Å². The van der Waals surface area contributed by atoms with Gasteiger partial charge in [-0.1, -0.05) is 42.5 Å². The van der Waals surface area contributed by atoms with Crippen LogP contribution in [0, 0.1) is 0 Å². The predicted molar refractivity (Wildman–Crippen MR) is 81.1 cm³/mol. The van der Waals surface area contributed by atoms with Crippen LogP contribution in [0.2, 0.25) is 0 Å². The van der Waals surface area contributed by atoms with E-state index in [0.29, 0.717) is 5.92 Å². The number of nitrogens with one attached hydrogen (secondary N) is 1. The van der Waals surface area contributed by atoms with Crippen LogP contribution < -0.4 is 11.1 Å². The molecule has 0 bridgehead atoms. The van der Waals surface area contributed by atoms with E-state index in [-0.39, 0.29) is 0 Å². The molecule has 0 saturated carbocycles. The fourth-order valence-corrected chi connectivity index (χ4v) is 3.01. The smallest absolute Gasteiger partial charge is 0.0356 e. The van der Waals surface area contributed by atoms with E-state index in [1.807, 2.05) is 6.07 Å². The van der Waals surface area contributed by atoms with Crippen molar-refractivity contribution in [3.63, 3.8) is 0 Å². The van der Waals surface area contributed by atoms with E-state index in [0.717, 1.165) is 18.8 Å². The highest BCUT2D eigenvalue weighted by atomic mass is 14.9. The molecule has 1 aliphatic rings. The molecule has 2 aromatic carbocycles. The molecular formula is C17H20N2. The molecule has 98 valence electrons.